The van der Waals surface area contributed by atoms with Crippen LogP contribution in [-0.4, -0.2) is 50.2 Å². The topological polar surface area (TPSA) is 89.7 Å². The second-order valence-corrected chi connectivity index (χ2v) is 7.54. The van der Waals surface area contributed by atoms with E-state index in [9.17, 15) is 9.59 Å². The van der Waals surface area contributed by atoms with Gasteiger partial charge in [-0.3, -0.25) is 14.5 Å². The van der Waals surface area contributed by atoms with Gasteiger partial charge in [-0.25, -0.2) is 0 Å². The summed E-state index contributed by atoms with van der Waals surface area (Å²) in [5, 5.41) is 13.8. The smallest absolute Gasteiger partial charge is 0.261 e. The van der Waals surface area contributed by atoms with E-state index in [0.29, 0.717) is 28.3 Å². The largest absolute Gasteiger partial charge is 0.497 e. The average Bonchev–Trinajstić information content (AvgIpc) is 3.40. The molecule has 0 saturated carbocycles. The quantitative estimate of drug-likeness (QED) is 0.474. The van der Waals surface area contributed by atoms with Gasteiger partial charge in [-0.2, -0.15) is 9.61 Å². The Kier molecular flexibility index (Phi) is 4.09. The van der Waals surface area contributed by atoms with Gasteiger partial charge in [-0.15, -0.1) is 10.2 Å². The minimum absolute atomic E-state index is 0.257. The summed E-state index contributed by atoms with van der Waals surface area (Å²) in [7, 11) is 1.62. The van der Waals surface area contributed by atoms with Crippen molar-refractivity contribution in [3.05, 3.63) is 64.7 Å². The molecule has 2 amide bonds. The number of nitrogens with zero attached hydrogens (tertiary/aromatic N) is 5. The Bertz CT molecular complexity index is 1210. The van der Waals surface area contributed by atoms with Gasteiger partial charge in [0.1, 0.15) is 10.8 Å². The van der Waals surface area contributed by atoms with Crippen LogP contribution in [0.25, 0.3) is 16.3 Å². The van der Waals surface area contributed by atoms with Gasteiger partial charge in [0.25, 0.3) is 11.8 Å². The van der Waals surface area contributed by atoms with Crippen LogP contribution in [0.3, 0.4) is 0 Å². The van der Waals surface area contributed by atoms with E-state index in [-0.39, 0.29) is 18.4 Å². The predicted molar refractivity (Wildman–Crippen MR) is 106 cm³/mol. The molecule has 4 aromatic rings. The summed E-state index contributed by atoms with van der Waals surface area (Å²) in [6, 6.07) is 14.4. The van der Waals surface area contributed by atoms with Crippen molar-refractivity contribution in [1.29, 1.82) is 0 Å². The molecule has 2 aromatic carbocycles. The number of ether oxygens (including phenoxy) is 1. The van der Waals surface area contributed by atoms with Gasteiger partial charge in [0.15, 0.2) is 5.82 Å². The van der Waals surface area contributed by atoms with Crippen LogP contribution < -0.4 is 4.74 Å². The minimum Gasteiger partial charge on any atom is -0.497 e. The molecule has 0 aliphatic carbocycles. The zero-order valence-corrected chi connectivity index (χ0v) is 16.2. The van der Waals surface area contributed by atoms with Crippen LogP contribution in [0.1, 0.15) is 25.7 Å². The highest BCUT2D eigenvalue weighted by Gasteiger charge is 2.34. The number of fused-ring (bicyclic) bond motifs is 2. The second kappa shape index (κ2) is 6.78. The Morgan fingerprint density at radius 3 is 2.31 bits per heavy atom. The van der Waals surface area contributed by atoms with Crippen LogP contribution in [0.2, 0.25) is 0 Å². The summed E-state index contributed by atoms with van der Waals surface area (Å²) in [6.07, 6.45) is 0.460. The second-order valence-electron chi connectivity index (χ2n) is 6.50. The zero-order chi connectivity index (χ0) is 20.0. The molecule has 1 aliphatic rings. The van der Waals surface area contributed by atoms with Gasteiger partial charge < -0.3 is 4.74 Å². The maximum atomic E-state index is 12.5. The normalized spacial score (nSPS) is 13.3. The molecule has 0 atom stereocenters. The molecule has 0 fully saturated rings. The molecule has 0 bridgehead atoms. The third-order valence-corrected chi connectivity index (χ3v) is 5.77. The van der Waals surface area contributed by atoms with Crippen molar-refractivity contribution in [2.24, 2.45) is 0 Å². The molecule has 0 spiro atoms. The van der Waals surface area contributed by atoms with Gasteiger partial charge in [-0.05, 0) is 36.4 Å². The molecule has 0 saturated heterocycles. The fourth-order valence-corrected chi connectivity index (χ4v) is 4.15. The Labute approximate surface area is 169 Å². The monoisotopic (exact) mass is 405 g/mol. The van der Waals surface area contributed by atoms with E-state index in [1.54, 1.807) is 35.9 Å². The minimum atomic E-state index is -0.257. The molecule has 0 unspecified atom stereocenters. The van der Waals surface area contributed by atoms with Gasteiger partial charge in [0.2, 0.25) is 4.96 Å². The van der Waals surface area contributed by atoms with Crippen molar-refractivity contribution in [1.82, 2.24) is 24.7 Å². The van der Waals surface area contributed by atoms with Crippen LogP contribution >= 0.6 is 11.3 Å². The molecule has 3 heterocycles. The summed E-state index contributed by atoms with van der Waals surface area (Å²) < 4.78 is 6.87. The van der Waals surface area contributed by atoms with Crippen molar-refractivity contribution < 1.29 is 14.3 Å². The Morgan fingerprint density at radius 1 is 0.966 bits per heavy atom. The first-order chi connectivity index (χ1) is 14.2. The number of benzene rings is 2. The van der Waals surface area contributed by atoms with Crippen molar-refractivity contribution in [2.75, 3.05) is 13.7 Å². The van der Waals surface area contributed by atoms with E-state index in [0.717, 1.165) is 16.3 Å². The SMILES string of the molecule is COc1ccc(-c2nnc3sc(CCN4C(=O)c5ccccc5C4=O)nn23)cc1. The molecule has 1 aliphatic heterocycles. The number of amides is 2. The van der Waals surface area contributed by atoms with Gasteiger partial charge in [0.05, 0.1) is 18.2 Å². The van der Waals surface area contributed by atoms with Gasteiger partial charge >= 0.3 is 0 Å². The van der Waals surface area contributed by atoms with E-state index in [2.05, 4.69) is 15.3 Å². The zero-order valence-electron chi connectivity index (χ0n) is 15.4. The fraction of sp³-hybridized carbons (Fsp3) is 0.150. The number of methoxy groups -OCH3 is 1. The summed E-state index contributed by atoms with van der Waals surface area (Å²) in [5.74, 6) is 0.875. The third kappa shape index (κ3) is 2.87. The number of carbonyl (C=O) groups excluding carboxylic acids is 2. The highest BCUT2D eigenvalue weighted by atomic mass is 32.1. The number of rotatable bonds is 5. The average molecular weight is 405 g/mol. The summed E-state index contributed by atoms with van der Waals surface area (Å²) in [4.78, 5) is 26.9. The number of aromatic nitrogens is 4. The molecule has 0 N–H and O–H groups in total. The van der Waals surface area contributed by atoms with Crippen molar-refractivity contribution in [3.63, 3.8) is 0 Å². The highest BCUT2D eigenvalue weighted by molar-refractivity contribution is 7.16. The molecular weight excluding hydrogens is 390 g/mol. The number of hydrogen-bond donors (Lipinski definition) is 0. The number of carbonyl (C=O) groups is 2. The van der Waals surface area contributed by atoms with Gasteiger partial charge in [0, 0.05) is 18.5 Å². The first-order valence-electron chi connectivity index (χ1n) is 8.96. The molecule has 8 nitrogen and oxygen atoms in total. The van der Waals surface area contributed by atoms with E-state index >= 15 is 0 Å². The van der Waals surface area contributed by atoms with Crippen LogP contribution in [0.4, 0.5) is 0 Å². The third-order valence-electron chi connectivity index (χ3n) is 4.81. The predicted octanol–water partition coefficient (Wildman–Crippen LogP) is 2.70. The lowest BCUT2D eigenvalue weighted by molar-refractivity contribution is 0.0656. The Morgan fingerprint density at radius 2 is 1.66 bits per heavy atom. The van der Waals surface area contributed by atoms with Crippen LogP contribution in [0, 0.1) is 0 Å². The fourth-order valence-electron chi connectivity index (χ4n) is 3.33. The maximum Gasteiger partial charge on any atom is 0.261 e. The van der Waals surface area contributed by atoms with Crippen LogP contribution in [-0.2, 0) is 6.42 Å². The van der Waals surface area contributed by atoms with E-state index in [1.165, 1.54) is 16.2 Å². The van der Waals surface area contributed by atoms with E-state index in [4.69, 9.17) is 4.74 Å². The first-order valence-corrected chi connectivity index (χ1v) is 9.78. The molecular formula is C20H15N5O3S. The van der Waals surface area contributed by atoms with Crippen molar-refractivity contribution in [3.8, 4) is 17.1 Å². The maximum absolute atomic E-state index is 12.5. The van der Waals surface area contributed by atoms with Gasteiger partial charge in [-0.1, -0.05) is 23.5 Å². The van der Waals surface area contributed by atoms with Crippen molar-refractivity contribution >= 4 is 28.1 Å². The highest BCUT2D eigenvalue weighted by Crippen LogP contribution is 2.25. The standard InChI is InChI=1S/C20H15N5O3S/c1-28-13-8-6-12(7-9-13)17-21-22-20-25(17)23-16(29-20)10-11-24-18(26)14-4-2-3-5-15(14)19(24)27/h2-9H,10-11H2,1H3. The molecule has 144 valence electrons. The van der Waals surface area contributed by atoms with E-state index < -0.39 is 0 Å². The summed E-state index contributed by atoms with van der Waals surface area (Å²) in [6.45, 7) is 0.272. The van der Waals surface area contributed by atoms with Crippen LogP contribution in [0.5, 0.6) is 5.75 Å². The van der Waals surface area contributed by atoms with Crippen LogP contribution in [0.15, 0.2) is 48.5 Å². The molecule has 9 heteroatoms. The van der Waals surface area contributed by atoms with E-state index in [1.807, 2.05) is 24.3 Å². The number of hydrogen-bond acceptors (Lipinski definition) is 7. The first kappa shape index (κ1) is 17.5. The number of imide groups is 1. The lowest BCUT2D eigenvalue weighted by Crippen LogP contribution is -2.31. The summed E-state index contributed by atoms with van der Waals surface area (Å²) >= 11 is 1.39. The molecule has 29 heavy (non-hydrogen) atoms. The Hall–Kier alpha value is -3.59. The Balaban J connectivity index is 1.36. The lowest BCUT2D eigenvalue weighted by Gasteiger charge is -2.12. The molecule has 2 aromatic heterocycles. The van der Waals surface area contributed by atoms with Crippen molar-refractivity contribution in [2.45, 2.75) is 6.42 Å². The molecule has 5 rings (SSSR count). The summed E-state index contributed by atoms with van der Waals surface area (Å²) in [5.41, 5.74) is 1.78. The lowest BCUT2D eigenvalue weighted by atomic mass is 10.1. The molecule has 0 radical (unpaired) electrons.